The molecule has 3 aromatic carbocycles. The Hall–Kier alpha value is -4.13. The topological polar surface area (TPSA) is 86.5 Å². The first-order valence-electron chi connectivity index (χ1n) is 11.3. The van der Waals surface area contributed by atoms with Crippen LogP contribution in [0.15, 0.2) is 65.1 Å². The normalized spacial score (nSPS) is 14.4. The second-order valence-electron chi connectivity index (χ2n) is 8.34. The highest BCUT2D eigenvalue weighted by Gasteiger charge is 2.23. The Labute approximate surface area is 197 Å². The van der Waals surface area contributed by atoms with Crippen molar-refractivity contribution in [2.24, 2.45) is 0 Å². The lowest BCUT2D eigenvalue weighted by atomic mass is 10.1. The van der Waals surface area contributed by atoms with Crippen LogP contribution in [0.25, 0.3) is 22.9 Å². The van der Waals surface area contributed by atoms with Crippen molar-refractivity contribution >= 4 is 11.6 Å². The quantitative estimate of drug-likeness (QED) is 0.402. The molecule has 0 radical (unpaired) electrons. The molecule has 4 aromatic rings. The summed E-state index contributed by atoms with van der Waals surface area (Å²) in [5, 5.41) is 11.3. The molecule has 1 N–H and O–H groups in total. The molecule has 1 amide bonds. The van der Waals surface area contributed by atoms with Gasteiger partial charge in [-0.05, 0) is 63.2 Å². The van der Waals surface area contributed by atoms with Crippen LogP contribution >= 0.6 is 0 Å². The number of aromatic nitrogens is 2. The zero-order valence-corrected chi connectivity index (χ0v) is 19.3. The Kier molecular flexibility index (Phi) is 5.76. The van der Waals surface area contributed by atoms with Gasteiger partial charge in [0.1, 0.15) is 17.6 Å². The first-order valence-corrected chi connectivity index (χ1v) is 11.3. The molecule has 0 bridgehead atoms. The fourth-order valence-corrected chi connectivity index (χ4v) is 4.01. The SMILES string of the molecule is CCOc1cc2c(cc1NC(=O)c1ccc(-c3nnc(-c4cccc(C)c4)o3)cc1)OC(C)C2. The fraction of sp³-hybridized carbons (Fsp3) is 0.222. The average molecular weight is 456 g/mol. The Morgan fingerprint density at radius 1 is 1.06 bits per heavy atom. The Morgan fingerprint density at radius 2 is 1.82 bits per heavy atom. The minimum absolute atomic E-state index is 0.110. The summed E-state index contributed by atoms with van der Waals surface area (Å²) >= 11 is 0. The van der Waals surface area contributed by atoms with Gasteiger partial charge in [-0.3, -0.25) is 4.79 Å². The molecule has 0 saturated heterocycles. The van der Waals surface area contributed by atoms with E-state index in [1.807, 2.05) is 57.2 Å². The van der Waals surface area contributed by atoms with E-state index >= 15 is 0 Å². The molecule has 1 aromatic heterocycles. The van der Waals surface area contributed by atoms with Crippen molar-refractivity contribution in [2.45, 2.75) is 33.3 Å². The van der Waals surface area contributed by atoms with Crippen molar-refractivity contribution < 1.29 is 18.7 Å². The van der Waals surface area contributed by atoms with E-state index < -0.39 is 0 Å². The van der Waals surface area contributed by atoms with Crippen LogP contribution in [-0.4, -0.2) is 28.8 Å². The van der Waals surface area contributed by atoms with E-state index in [0.717, 1.165) is 34.4 Å². The lowest BCUT2D eigenvalue weighted by molar-refractivity contribution is 0.102. The second kappa shape index (κ2) is 9.02. The van der Waals surface area contributed by atoms with Gasteiger partial charge in [-0.1, -0.05) is 17.7 Å². The molecule has 1 aliphatic rings. The number of nitrogens with one attached hydrogen (secondary N) is 1. The van der Waals surface area contributed by atoms with E-state index in [9.17, 15) is 4.79 Å². The number of rotatable bonds is 6. The number of nitrogens with zero attached hydrogens (tertiary/aromatic N) is 2. The van der Waals surface area contributed by atoms with Crippen LogP contribution in [0.5, 0.6) is 11.5 Å². The first kappa shape index (κ1) is 21.7. The standard InChI is InChI=1S/C27H25N3O4/c1-4-32-24-14-21-13-17(3)33-23(21)15-22(24)28-25(31)18-8-10-19(11-9-18)26-29-30-27(34-26)20-7-5-6-16(2)12-20/h5-12,14-15,17H,4,13H2,1-3H3,(H,28,31). The minimum Gasteiger partial charge on any atom is -0.492 e. The van der Waals surface area contributed by atoms with Crippen molar-refractivity contribution in [2.75, 3.05) is 11.9 Å². The number of hydrogen-bond donors (Lipinski definition) is 1. The summed E-state index contributed by atoms with van der Waals surface area (Å²) in [5.41, 5.74) is 4.89. The Bertz CT molecular complexity index is 1340. The van der Waals surface area contributed by atoms with Gasteiger partial charge >= 0.3 is 0 Å². The van der Waals surface area contributed by atoms with E-state index in [1.165, 1.54) is 0 Å². The maximum Gasteiger partial charge on any atom is 0.255 e. The largest absolute Gasteiger partial charge is 0.492 e. The highest BCUT2D eigenvalue weighted by atomic mass is 16.5. The van der Waals surface area contributed by atoms with E-state index in [4.69, 9.17) is 13.9 Å². The van der Waals surface area contributed by atoms with Gasteiger partial charge in [0.05, 0.1) is 12.3 Å². The van der Waals surface area contributed by atoms with Crippen molar-refractivity contribution in [1.29, 1.82) is 0 Å². The van der Waals surface area contributed by atoms with Crippen molar-refractivity contribution in [1.82, 2.24) is 10.2 Å². The zero-order chi connectivity index (χ0) is 23.7. The molecule has 0 saturated carbocycles. The van der Waals surface area contributed by atoms with Crippen molar-refractivity contribution in [3.8, 4) is 34.4 Å². The Balaban J connectivity index is 1.34. The van der Waals surface area contributed by atoms with Crippen LogP contribution < -0.4 is 14.8 Å². The number of anilines is 1. The number of amides is 1. The van der Waals surface area contributed by atoms with Gasteiger partial charge in [0.15, 0.2) is 0 Å². The van der Waals surface area contributed by atoms with Gasteiger partial charge in [-0.2, -0.15) is 0 Å². The molecular weight excluding hydrogens is 430 g/mol. The smallest absolute Gasteiger partial charge is 0.255 e. The minimum atomic E-state index is -0.246. The first-order chi connectivity index (χ1) is 16.5. The highest BCUT2D eigenvalue weighted by Crippen LogP contribution is 2.38. The van der Waals surface area contributed by atoms with Gasteiger partial charge in [0.2, 0.25) is 11.8 Å². The van der Waals surface area contributed by atoms with Crippen LogP contribution in [0.1, 0.15) is 35.3 Å². The molecular formula is C27H25N3O4. The lowest BCUT2D eigenvalue weighted by Gasteiger charge is -2.13. The summed E-state index contributed by atoms with van der Waals surface area (Å²) in [5.74, 6) is 2.02. The highest BCUT2D eigenvalue weighted by molar-refractivity contribution is 6.05. The van der Waals surface area contributed by atoms with Crippen molar-refractivity contribution in [3.63, 3.8) is 0 Å². The molecule has 2 heterocycles. The third kappa shape index (κ3) is 4.37. The summed E-state index contributed by atoms with van der Waals surface area (Å²) in [4.78, 5) is 12.9. The summed E-state index contributed by atoms with van der Waals surface area (Å²) < 4.78 is 17.4. The Morgan fingerprint density at radius 3 is 2.56 bits per heavy atom. The van der Waals surface area contributed by atoms with E-state index in [1.54, 1.807) is 24.3 Å². The van der Waals surface area contributed by atoms with Gasteiger partial charge in [0.25, 0.3) is 5.91 Å². The van der Waals surface area contributed by atoms with Gasteiger partial charge in [-0.15, -0.1) is 10.2 Å². The number of carbonyl (C=O) groups is 1. The average Bonchev–Trinajstić information content (AvgIpc) is 3.46. The van der Waals surface area contributed by atoms with Crippen LogP contribution in [0.3, 0.4) is 0 Å². The summed E-state index contributed by atoms with van der Waals surface area (Å²) in [6.45, 7) is 6.45. The summed E-state index contributed by atoms with van der Waals surface area (Å²) in [6.07, 6.45) is 0.936. The van der Waals surface area contributed by atoms with E-state index in [0.29, 0.717) is 35.4 Å². The number of hydrogen-bond acceptors (Lipinski definition) is 6. The molecule has 7 nitrogen and oxygen atoms in total. The van der Waals surface area contributed by atoms with Crippen molar-refractivity contribution in [3.05, 3.63) is 77.4 Å². The van der Waals surface area contributed by atoms with E-state index in [2.05, 4.69) is 15.5 Å². The molecule has 1 unspecified atom stereocenters. The molecule has 0 spiro atoms. The molecule has 172 valence electrons. The van der Waals surface area contributed by atoms with E-state index in [-0.39, 0.29) is 12.0 Å². The lowest BCUT2D eigenvalue weighted by Crippen LogP contribution is -2.13. The molecule has 7 heteroatoms. The van der Waals surface area contributed by atoms with Crippen LogP contribution in [0.4, 0.5) is 5.69 Å². The predicted octanol–water partition coefficient (Wildman–Crippen LogP) is 5.69. The summed E-state index contributed by atoms with van der Waals surface area (Å²) in [7, 11) is 0. The number of ether oxygens (including phenoxy) is 2. The van der Waals surface area contributed by atoms with Crippen LogP contribution in [-0.2, 0) is 6.42 Å². The van der Waals surface area contributed by atoms with Crippen LogP contribution in [0, 0.1) is 6.92 Å². The molecule has 34 heavy (non-hydrogen) atoms. The molecule has 1 aliphatic heterocycles. The molecule has 1 atom stereocenters. The van der Waals surface area contributed by atoms with Gasteiger partial charge in [-0.25, -0.2) is 0 Å². The fourth-order valence-electron chi connectivity index (χ4n) is 4.01. The number of benzene rings is 3. The monoisotopic (exact) mass is 455 g/mol. The third-order valence-corrected chi connectivity index (χ3v) is 5.63. The molecule has 5 rings (SSSR count). The van der Waals surface area contributed by atoms with Crippen LogP contribution in [0.2, 0.25) is 0 Å². The number of carbonyl (C=O) groups excluding carboxylic acids is 1. The third-order valence-electron chi connectivity index (χ3n) is 5.63. The number of aryl methyl sites for hydroxylation is 1. The molecule has 0 fully saturated rings. The van der Waals surface area contributed by atoms with Gasteiger partial charge in [0, 0.05) is 34.7 Å². The predicted molar refractivity (Wildman–Crippen MR) is 129 cm³/mol. The number of fused-ring (bicyclic) bond motifs is 1. The summed E-state index contributed by atoms with van der Waals surface area (Å²) in [6, 6.07) is 18.7. The maximum atomic E-state index is 12.9. The zero-order valence-electron chi connectivity index (χ0n) is 19.3. The van der Waals surface area contributed by atoms with Gasteiger partial charge < -0.3 is 19.2 Å². The maximum absolute atomic E-state index is 12.9. The second-order valence-corrected chi connectivity index (χ2v) is 8.34. The molecule has 0 aliphatic carbocycles.